The van der Waals surface area contributed by atoms with Gasteiger partial charge in [0.15, 0.2) is 0 Å². The van der Waals surface area contributed by atoms with E-state index in [1.54, 1.807) is 12.1 Å². The first-order valence-electron chi connectivity index (χ1n) is 6.65. The van der Waals surface area contributed by atoms with Crippen LogP contribution in [-0.2, 0) is 0 Å². The Morgan fingerprint density at radius 1 is 1.42 bits per heavy atom. The first-order chi connectivity index (χ1) is 9.22. The number of nitrogens with one attached hydrogen (secondary N) is 1. The van der Waals surface area contributed by atoms with Crippen LogP contribution < -0.4 is 5.32 Å². The Balaban J connectivity index is 2.03. The Bertz CT molecular complexity index is 437. The number of rotatable bonds is 3. The van der Waals surface area contributed by atoms with Crippen molar-refractivity contribution in [3.63, 3.8) is 0 Å². The normalized spacial score (nSPS) is 19.3. The van der Waals surface area contributed by atoms with Crippen LogP contribution in [0.2, 0.25) is 5.02 Å². The van der Waals surface area contributed by atoms with Crippen LogP contribution in [0.15, 0.2) is 24.3 Å². The van der Waals surface area contributed by atoms with Gasteiger partial charge < -0.3 is 15.3 Å². The van der Waals surface area contributed by atoms with Crippen LogP contribution in [0, 0.1) is 0 Å². The van der Waals surface area contributed by atoms with Gasteiger partial charge in [-0.2, -0.15) is 0 Å². The smallest absolute Gasteiger partial charge is 0.322 e. The maximum absolute atomic E-state index is 12.3. The van der Waals surface area contributed by atoms with E-state index in [-0.39, 0.29) is 18.7 Å². The molecule has 0 aliphatic carbocycles. The number of amides is 2. The van der Waals surface area contributed by atoms with E-state index in [0.717, 1.165) is 25.8 Å². The number of piperidine rings is 1. The summed E-state index contributed by atoms with van der Waals surface area (Å²) in [5, 5.41) is 12.4. The summed E-state index contributed by atoms with van der Waals surface area (Å²) in [5.41, 5.74) is 0.627. The van der Waals surface area contributed by atoms with E-state index in [0.29, 0.717) is 17.1 Å². The van der Waals surface area contributed by atoms with Crippen molar-refractivity contribution in [2.75, 3.05) is 18.5 Å². The molecule has 2 amide bonds. The van der Waals surface area contributed by atoms with Gasteiger partial charge in [0.05, 0.1) is 10.7 Å². The number of nitrogens with zero attached hydrogens (tertiary/aromatic N) is 1. The average Bonchev–Trinajstić information content (AvgIpc) is 2.42. The zero-order valence-electron chi connectivity index (χ0n) is 10.8. The monoisotopic (exact) mass is 282 g/mol. The molecule has 1 heterocycles. The fourth-order valence-corrected chi connectivity index (χ4v) is 2.65. The molecule has 104 valence electrons. The SMILES string of the molecule is O=C(Nc1ccccc1Cl)N1CCCCC1CCO. The first kappa shape index (κ1) is 14.2. The summed E-state index contributed by atoms with van der Waals surface area (Å²) in [6.45, 7) is 0.849. The average molecular weight is 283 g/mol. The lowest BCUT2D eigenvalue weighted by Crippen LogP contribution is -2.46. The third-order valence-electron chi connectivity index (χ3n) is 3.47. The molecule has 1 aliphatic heterocycles. The molecule has 4 nitrogen and oxygen atoms in total. The van der Waals surface area contributed by atoms with Crippen LogP contribution in [0.3, 0.4) is 0 Å². The lowest BCUT2D eigenvalue weighted by Gasteiger charge is -2.35. The minimum absolute atomic E-state index is 0.112. The maximum Gasteiger partial charge on any atom is 0.322 e. The molecule has 1 aromatic rings. The second-order valence-corrected chi connectivity index (χ2v) is 5.17. The molecule has 1 aromatic carbocycles. The zero-order chi connectivity index (χ0) is 13.7. The topological polar surface area (TPSA) is 52.6 Å². The lowest BCUT2D eigenvalue weighted by atomic mass is 10.0. The van der Waals surface area contributed by atoms with E-state index in [1.807, 2.05) is 17.0 Å². The summed E-state index contributed by atoms with van der Waals surface area (Å²) in [6.07, 6.45) is 3.71. The zero-order valence-corrected chi connectivity index (χ0v) is 11.6. The van der Waals surface area contributed by atoms with Gasteiger partial charge in [0.2, 0.25) is 0 Å². The Morgan fingerprint density at radius 2 is 2.21 bits per heavy atom. The van der Waals surface area contributed by atoms with Gasteiger partial charge in [-0.3, -0.25) is 0 Å². The van der Waals surface area contributed by atoms with Gasteiger partial charge in [-0.25, -0.2) is 4.79 Å². The molecule has 0 saturated carbocycles. The summed E-state index contributed by atoms with van der Waals surface area (Å²) in [5.74, 6) is 0. The van der Waals surface area contributed by atoms with Gasteiger partial charge in [-0.05, 0) is 37.8 Å². The molecule has 5 heteroatoms. The number of halogens is 1. The number of carbonyl (C=O) groups excluding carboxylic acids is 1. The van der Waals surface area contributed by atoms with Crippen molar-refractivity contribution in [2.24, 2.45) is 0 Å². The molecule has 1 aliphatic rings. The Hall–Kier alpha value is -1.26. The number of para-hydroxylation sites is 1. The van der Waals surface area contributed by atoms with Crippen LogP contribution in [0.1, 0.15) is 25.7 Å². The Labute approximate surface area is 118 Å². The van der Waals surface area contributed by atoms with Crippen molar-refractivity contribution in [1.82, 2.24) is 4.90 Å². The summed E-state index contributed by atoms with van der Waals surface area (Å²) in [7, 11) is 0. The van der Waals surface area contributed by atoms with E-state index < -0.39 is 0 Å². The predicted molar refractivity (Wildman–Crippen MR) is 76.5 cm³/mol. The summed E-state index contributed by atoms with van der Waals surface area (Å²) in [6, 6.07) is 7.19. The van der Waals surface area contributed by atoms with Gasteiger partial charge in [0.25, 0.3) is 0 Å². The number of aliphatic hydroxyl groups is 1. The van der Waals surface area contributed by atoms with Crippen molar-refractivity contribution in [1.29, 1.82) is 0 Å². The second-order valence-electron chi connectivity index (χ2n) is 4.77. The predicted octanol–water partition coefficient (Wildman–Crippen LogP) is 3.11. The maximum atomic E-state index is 12.3. The van der Waals surface area contributed by atoms with E-state index in [9.17, 15) is 4.79 Å². The lowest BCUT2D eigenvalue weighted by molar-refractivity contribution is 0.141. The summed E-state index contributed by atoms with van der Waals surface area (Å²) < 4.78 is 0. The fraction of sp³-hybridized carbons (Fsp3) is 0.500. The summed E-state index contributed by atoms with van der Waals surface area (Å²) in [4.78, 5) is 14.1. The van der Waals surface area contributed by atoms with Gasteiger partial charge in [-0.1, -0.05) is 23.7 Å². The number of urea groups is 1. The number of aliphatic hydroxyl groups excluding tert-OH is 1. The van der Waals surface area contributed by atoms with E-state index >= 15 is 0 Å². The molecular formula is C14H19ClN2O2. The van der Waals surface area contributed by atoms with Gasteiger partial charge >= 0.3 is 6.03 Å². The van der Waals surface area contributed by atoms with Crippen LogP contribution >= 0.6 is 11.6 Å². The molecule has 0 aromatic heterocycles. The molecule has 1 fully saturated rings. The molecule has 2 rings (SSSR count). The Morgan fingerprint density at radius 3 is 2.95 bits per heavy atom. The minimum Gasteiger partial charge on any atom is -0.396 e. The van der Waals surface area contributed by atoms with Crippen molar-refractivity contribution < 1.29 is 9.90 Å². The van der Waals surface area contributed by atoms with Crippen LogP contribution in [-0.4, -0.2) is 35.2 Å². The highest BCUT2D eigenvalue weighted by Gasteiger charge is 2.26. The number of likely N-dealkylation sites (tertiary alicyclic amines) is 1. The number of hydrogen-bond acceptors (Lipinski definition) is 2. The standard InChI is InChI=1S/C14H19ClN2O2/c15-12-6-1-2-7-13(12)16-14(19)17-9-4-3-5-11(17)8-10-18/h1-2,6-7,11,18H,3-5,8-10H2,(H,16,19). The van der Waals surface area contributed by atoms with E-state index in [4.69, 9.17) is 16.7 Å². The van der Waals surface area contributed by atoms with Gasteiger partial charge in [-0.15, -0.1) is 0 Å². The van der Waals surface area contributed by atoms with Crippen molar-refractivity contribution in [3.8, 4) is 0 Å². The molecule has 0 spiro atoms. The van der Waals surface area contributed by atoms with Crippen LogP contribution in [0.25, 0.3) is 0 Å². The molecule has 1 saturated heterocycles. The van der Waals surface area contributed by atoms with Gasteiger partial charge in [0.1, 0.15) is 0 Å². The number of carbonyl (C=O) groups is 1. The highest BCUT2D eigenvalue weighted by molar-refractivity contribution is 6.33. The van der Waals surface area contributed by atoms with Crippen molar-refractivity contribution in [2.45, 2.75) is 31.7 Å². The minimum atomic E-state index is -0.133. The molecule has 2 N–H and O–H groups in total. The molecule has 0 radical (unpaired) electrons. The second kappa shape index (κ2) is 6.78. The van der Waals surface area contributed by atoms with E-state index in [2.05, 4.69) is 5.32 Å². The number of hydrogen-bond donors (Lipinski definition) is 2. The van der Waals surface area contributed by atoms with Crippen molar-refractivity contribution >= 4 is 23.3 Å². The largest absolute Gasteiger partial charge is 0.396 e. The molecular weight excluding hydrogens is 264 g/mol. The molecule has 19 heavy (non-hydrogen) atoms. The number of benzene rings is 1. The van der Waals surface area contributed by atoms with Crippen LogP contribution in [0.4, 0.5) is 10.5 Å². The molecule has 1 unspecified atom stereocenters. The van der Waals surface area contributed by atoms with Gasteiger partial charge in [0, 0.05) is 19.2 Å². The first-order valence-corrected chi connectivity index (χ1v) is 7.03. The van der Waals surface area contributed by atoms with Crippen LogP contribution in [0.5, 0.6) is 0 Å². The van der Waals surface area contributed by atoms with E-state index in [1.165, 1.54) is 0 Å². The van der Waals surface area contributed by atoms with Crippen molar-refractivity contribution in [3.05, 3.63) is 29.3 Å². The highest BCUT2D eigenvalue weighted by Crippen LogP contribution is 2.24. The Kier molecular flexibility index (Phi) is 5.05. The summed E-state index contributed by atoms with van der Waals surface area (Å²) >= 11 is 6.03. The molecule has 1 atom stereocenters. The highest BCUT2D eigenvalue weighted by atomic mass is 35.5. The fourth-order valence-electron chi connectivity index (χ4n) is 2.47. The quantitative estimate of drug-likeness (QED) is 0.895. The third-order valence-corrected chi connectivity index (χ3v) is 3.80. The number of anilines is 1. The molecule has 0 bridgehead atoms. The third kappa shape index (κ3) is 3.61.